The number of hydrogen-bond donors (Lipinski definition) is 1. The summed E-state index contributed by atoms with van der Waals surface area (Å²) in [6.07, 6.45) is 0.711. The molecule has 2 heterocycles. The first-order valence-electron chi connectivity index (χ1n) is 12.2. The smallest absolute Gasteiger partial charge is 0.254 e. The molecule has 0 saturated heterocycles. The van der Waals surface area contributed by atoms with Gasteiger partial charge in [-0.2, -0.15) is 0 Å². The van der Waals surface area contributed by atoms with Gasteiger partial charge in [-0.25, -0.2) is 0 Å². The van der Waals surface area contributed by atoms with E-state index >= 15 is 0 Å². The first-order chi connectivity index (χ1) is 18.4. The molecule has 0 fully saturated rings. The average molecular weight is 519 g/mol. The van der Waals surface area contributed by atoms with Gasteiger partial charge < -0.3 is 33.9 Å². The number of fused-ring (bicyclic) bond motifs is 4. The van der Waals surface area contributed by atoms with Gasteiger partial charge in [0.2, 0.25) is 11.7 Å². The fraction of sp³-hybridized carbons (Fsp3) is 0.310. The Labute approximate surface area is 221 Å². The molecule has 38 heavy (non-hydrogen) atoms. The maximum absolute atomic E-state index is 14.2. The zero-order valence-corrected chi connectivity index (χ0v) is 22.0. The molecule has 3 aromatic rings. The van der Waals surface area contributed by atoms with Gasteiger partial charge in [-0.3, -0.25) is 9.59 Å². The summed E-state index contributed by atoms with van der Waals surface area (Å²) in [5, 5.41) is 3.03. The third-order valence-corrected chi connectivity index (χ3v) is 7.24. The van der Waals surface area contributed by atoms with Crippen molar-refractivity contribution < 1.29 is 33.3 Å². The molecule has 0 unspecified atom stereocenters. The number of carbonyl (C=O) groups is 2. The van der Waals surface area contributed by atoms with Gasteiger partial charge in [0, 0.05) is 29.9 Å². The summed E-state index contributed by atoms with van der Waals surface area (Å²) in [5.74, 6) is 0.981. The predicted octanol–water partition coefficient (Wildman–Crippen LogP) is 4.21. The lowest BCUT2D eigenvalue weighted by molar-refractivity contribution is -0.119. The maximum atomic E-state index is 14.2. The third kappa shape index (κ3) is 4.04. The molecule has 2 amide bonds. The average Bonchev–Trinajstić information content (AvgIpc) is 2.95. The number of nitrogens with one attached hydrogen (secondary N) is 1. The minimum atomic E-state index is -0.719. The Kier molecular flexibility index (Phi) is 6.75. The summed E-state index contributed by atoms with van der Waals surface area (Å²) in [6, 6.07) is 14.2. The Balaban J connectivity index is 1.66. The Hall–Kier alpha value is -4.40. The van der Waals surface area contributed by atoms with E-state index in [-0.39, 0.29) is 11.8 Å². The summed E-state index contributed by atoms with van der Waals surface area (Å²) in [4.78, 5) is 29.7. The minimum Gasteiger partial charge on any atom is -0.493 e. The molecule has 0 spiro atoms. The van der Waals surface area contributed by atoms with E-state index in [1.54, 1.807) is 29.2 Å². The lowest BCUT2D eigenvalue weighted by Crippen LogP contribution is -2.49. The van der Waals surface area contributed by atoms with Crippen molar-refractivity contribution in [1.82, 2.24) is 4.90 Å². The van der Waals surface area contributed by atoms with Gasteiger partial charge in [-0.05, 0) is 35.2 Å². The lowest BCUT2D eigenvalue weighted by Gasteiger charge is -2.45. The van der Waals surface area contributed by atoms with Crippen molar-refractivity contribution in [3.8, 4) is 28.7 Å². The molecule has 0 saturated carbocycles. The molecular weight excluding hydrogens is 488 g/mol. The highest BCUT2D eigenvalue weighted by atomic mass is 16.5. The highest BCUT2D eigenvalue weighted by molar-refractivity contribution is 6.05. The number of hydrogen-bond acceptors (Lipinski definition) is 7. The molecule has 2 atom stereocenters. The van der Waals surface area contributed by atoms with E-state index in [9.17, 15) is 9.59 Å². The van der Waals surface area contributed by atoms with Crippen LogP contribution in [-0.4, -0.2) is 58.8 Å². The second kappa shape index (κ2) is 10.2. The van der Waals surface area contributed by atoms with Gasteiger partial charge in [-0.15, -0.1) is 0 Å². The van der Waals surface area contributed by atoms with E-state index < -0.39 is 12.0 Å². The van der Waals surface area contributed by atoms with Crippen LogP contribution < -0.4 is 29.0 Å². The Morgan fingerprint density at radius 3 is 2.08 bits per heavy atom. The van der Waals surface area contributed by atoms with Crippen LogP contribution in [0.3, 0.4) is 0 Å². The molecule has 9 heteroatoms. The monoisotopic (exact) mass is 518 g/mol. The number of amides is 2. The van der Waals surface area contributed by atoms with Crippen LogP contribution in [0, 0.1) is 0 Å². The summed E-state index contributed by atoms with van der Waals surface area (Å²) >= 11 is 0. The van der Waals surface area contributed by atoms with E-state index in [2.05, 4.69) is 11.4 Å². The van der Waals surface area contributed by atoms with Crippen molar-refractivity contribution in [2.75, 3.05) is 47.4 Å². The second-order valence-electron chi connectivity index (χ2n) is 9.07. The molecule has 5 rings (SSSR count). The number of ether oxygens (including phenoxy) is 5. The van der Waals surface area contributed by atoms with E-state index in [0.717, 1.165) is 11.1 Å². The molecule has 1 N–H and O–H groups in total. The lowest BCUT2D eigenvalue weighted by atomic mass is 9.75. The van der Waals surface area contributed by atoms with Crippen LogP contribution in [0.1, 0.15) is 39.0 Å². The van der Waals surface area contributed by atoms with Crippen LogP contribution >= 0.6 is 0 Å². The molecular formula is C29H30N2O7. The molecule has 2 aliphatic rings. The number of benzene rings is 3. The van der Waals surface area contributed by atoms with Gasteiger partial charge in [0.15, 0.2) is 23.0 Å². The van der Waals surface area contributed by atoms with Crippen LogP contribution in [0.25, 0.3) is 0 Å². The second-order valence-corrected chi connectivity index (χ2v) is 9.07. The van der Waals surface area contributed by atoms with E-state index in [4.69, 9.17) is 23.7 Å². The van der Waals surface area contributed by atoms with Gasteiger partial charge in [0.25, 0.3) is 5.91 Å². The first-order valence-corrected chi connectivity index (χ1v) is 12.2. The van der Waals surface area contributed by atoms with E-state index in [0.29, 0.717) is 58.5 Å². The largest absolute Gasteiger partial charge is 0.493 e. The van der Waals surface area contributed by atoms with Crippen molar-refractivity contribution in [2.24, 2.45) is 0 Å². The fourth-order valence-electron chi connectivity index (χ4n) is 5.51. The molecule has 9 nitrogen and oxygen atoms in total. The molecule has 0 aliphatic carbocycles. The summed E-state index contributed by atoms with van der Waals surface area (Å²) in [7, 11) is 7.60. The topological polar surface area (TPSA) is 95.6 Å². The fourth-order valence-corrected chi connectivity index (χ4v) is 5.51. The molecule has 0 bridgehead atoms. The number of anilines is 1. The van der Waals surface area contributed by atoms with Gasteiger partial charge >= 0.3 is 0 Å². The molecule has 3 aromatic carbocycles. The highest BCUT2D eigenvalue weighted by Gasteiger charge is 2.47. The van der Waals surface area contributed by atoms with Crippen molar-refractivity contribution in [3.05, 3.63) is 70.8 Å². The zero-order valence-electron chi connectivity index (χ0n) is 22.0. The van der Waals surface area contributed by atoms with E-state index in [1.807, 2.05) is 18.2 Å². The van der Waals surface area contributed by atoms with Crippen LogP contribution in [0.4, 0.5) is 5.69 Å². The summed E-state index contributed by atoms with van der Waals surface area (Å²) in [6.45, 7) is 0.502. The predicted molar refractivity (Wildman–Crippen MR) is 141 cm³/mol. The Morgan fingerprint density at radius 2 is 1.45 bits per heavy atom. The quantitative estimate of drug-likeness (QED) is 0.501. The normalized spacial score (nSPS) is 17.5. The number of rotatable bonds is 7. The third-order valence-electron chi connectivity index (χ3n) is 7.24. The first kappa shape index (κ1) is 25.3. The van der Waals surface area contributed by atoms with Crippen LogP contribution in [0.5, 0.6) is 28.7 Å². The van der Waals surface area contributed by atoms with Crippen LogP contribution in [-0.2, 0) is 11.2 Å². The molecule has 2 aliphatic heterocycles. The molecule has 198 valence electrons. The van der Waals surface area contributed by atoms with E-state index in [1.165, 1.54) is 35.5 Å². The van der Waals surface area contributed by atoms with Crippen molar-refractivity contribution in [1.29, 1.82) is 0 Å². The van der Waals surface area contributed by atoms with Crippen molar-refractivity contribution in [3.63, 3.8) is 0 Å². The van der Waals surface area contributed by atoms with Crippen LogP contribution in [0.2, 0.25) is 0 Å². The number of methoxy groups -OCH3 is 5. The number of carbonyl (C=O) groups excluding carboxylic acids is 2. The summed E-state index contributed by atoms with van der Waals surface area (Å²) < 4.78 is 27.4. The Bertz CT molecular complexity index is 1380. The van der Waals surface area contributed by atoms with Crippen molar-refractivity contribution in [2.45, 2.75) is 18.4 Å². The zero-order chi connectivity index (χ0) is 27.0. The molecule has 0 radical (unpaired) electrons. The maximum Gasteiger partial charge on any atom is 0.254 e. The van der Waals surface area contributed by atoms with Crippen molar-refractivity contribution >= 4 is 17.5 Å². The number of nitrogens with zero attached hydrogens (tertiary/aromatic N) is 1. The standard InChI is InChI=1S/C29H30N2O7/c1-34-21-14-19-20(15-22(21)35-2)29(33)31-11-10-16-8-6-7-9-18(16)26(31)25(19)28(32)30-17-12-23(36-3)27(38-5)24(13-17)37-4/h6-9,12-15,25-26H,10-11H2,1-5H3,(H,30,32)/t25-,26-/m0/s1. The molecule has 0 aromatic heterocycles. The van der Waals surface area contributed by atoms with Gasteiger partial charge in [0.05, 0.1) is 47.5 Å². The Morgan fingerprint density at radius 1 is 0.816 bits per heavy atom. The summed E-state index contributed by atoms with van der Waals surface area (Å²) in [5.41, 5.74) is 3.55. The minimum absolute atomic E-state index is 0.141. The highest BCUT2D eigenvalue weighted by Crippen LogP contribution is 2.49. The van der Waals surface area contributed by atoms with Crippen LogP contribution in [0.15, 0.2) is 48.5 Å². The van der Waals surface area contributed by atoms with Gasteiger partial charge in [0.1, 0.15) is 0 Å². The SMILES string of the molecule is COc1cc2c(cc1OC)[C@H](C(=O)Nc1cc(OC)c(OC)c(OC)c1)[C@@H]1c3ccccc3CCN1C2=O. The van der Waals surface area contributed by atoms with Gasteiger partial charge in [-0.1, -0.05) is 24.3 Å².